The SMILES string of the molecule is COc1ccc(S(=O)(=O)N2CCC[C@@H](C(=O)N(Cc3cccs3)C3CC3)C2)cc1Cl. The van der Waals surface area contributed by atoms with E-state index in [2.05, 4.69) is 0 Å². The number of thiophene rings is 1. The smallest absolute Gasteiger partial charge is 0.243 e. The van der Waals surface area contributed by atoms with E-state index in [1.165, 1.54) is 23.5 Å². The van der Waals surface area contributed by atoms with Crippen molar-refractivity contribution in [1.82, 2.24) is 9.21 Å². The van der Waals surface area contributed by atoms with Gasteiger partial charge in [-0.15, -0.1) is 11.3 Å². The molecule has 2 heterocycles. The maximum Gasteiger partial charge on any atom is 0.243 e. The summed E-state index contributed by atoms with van der Waals surface area (Å²) in [6.07, 6.45) is 3.42. The van der Waals surface area contributed by atoms with Gasteiger partial charge in [0.2, 0.25) is 15.9 Å². The summed E-state index contributed by atoms with van der Waals surface area (Å²) < 4.78 is 32.9. The Morgan fingerprint density at radius 1 is 1.30 bits per heavy atom. The topological polar surface area (TPSA) is 66.9 Å². The van der Waals surface area contributed by atoms with Crippen LogP contribution in [0.1, 0.15) is 30.6 Å². The van der Waals surface area contributed by atoms with Crippen molar-refractivity contribution in [2.75, 3.05) is 20.2 Å². The number of methoxy groups -OCH3 is 1. The summed E-state index contributed by atoms with van der Waals surface area (Å²) in [5.74, 6) is 0.178. The van der Waals surface area contributed by atoms with Gasteiger partial charge in [0.05, 0.1) is 29.5 Å². The van der Waals surface area contributed by atoms with Gasteiger partial charge in [-0.05, 0) is 55.3 Å². The molecular weight excluding hydrogens is 444 g/mol. The molecule has 0 N–H and O–H groups in total. The molecule has 1 saturated carbocycles. The van der Waals surface area contributed by atoms with Gasteiger partial charge in [-0.25, -0.2) is 8.42 Å². The maximum atomic E-state index is 13.3. The number of ether oxygens (including phenoxy) is 1. The van der Waals surface area contributed by atoms with Crippen molar-refractivity contribution < 1.29 is 17.9 Å². The van der Waals surface area contributed by atoms with E-state index in [4.69, 9.17) is 16.3 Å². The number of halogens is 1. The highest BCUT2D eigenvalue weighted by Gasteiger charge is 2.39. The molecule has 6 nitrogen and oxygen atoms in total. The van der Waals surface area contributed by atoms with E-state index >= 15 is 0 Å². The molecule has 1 aliphatic heterocycles. The molecule has 0 bridgehead atoms. The lowest BCUT2D eigenvalue weighted by Crippen LogP contribution is -2.47. The first-order chi connectivity index (χ1) is 14.4. The fourth-order valence-electron chi connectivity index (χ4n) is 3.90. The highest BCUT2D eigenvalue weighted by molar-refractivity contribution is 7.89. The van der Waals surface area contributed by atoms with E-state index < -0.39 is 10.0 Å². The Kier molecular flexibility index (Phi) is 6.39. The molecule has 2 fully saturated rings. The van der Waals surface area contributed by atoms with Crippen LogP contribution in [0.4, 0.5) is 0 Å². The van der Waals surface area contributed by atoms with Gasteiger partial charge in [0.25, 0.3) is 0 Å². The Bertz CT molecular complexity index is 1010. The van der Waals surface area contributed by atoms with Crippen LogP contribution in [-0.2, 0) is 21.4 Å². The van der Waals surface area contributed by atoms with Crippen LogP contribution in [0.15, 0.2) is 40.6 Å². The van der Waals surface area contributed by atoms with Gasteiger partial charge in [-0.2, -0.15) is 4.31 Å². The minimum Gasteiger partial charge on any atom is -0.495 e. The minimum atomic E-state index is -3.73. The van der Waals surface area contributed by atoms with Crippen LogP contribution in [0.3, 0.4) is 0 Å². The van der Waals surface area contributed by atoms with E-state index in [1.54, 1.807) is 17.4 Å². The number of amides is 1. The first-order valence-corrected chi connectivity index (χ1v) is 12.8. The van der Waals surface area contributed by atoms with Gasteiger partial charge in [0, 0.05) is 24.0 Å². The van der Waals surface area contributed by atoms with Crippen molar-refractivity contribution in [3.8, 4) is 5.75 Å². The third-order valence-electron chi connectivity index (χ3n) is 5.67. The van der Waals surface area contributed by atoms with Crippen molar-refractivity contribution in [3.63, 3.8) is 0 Å². The Balaban J connectivity index is 1.50. The van der Waals surface area contributed by atoms with Gasteiger partial charge in [0.1, 0.15) is 5.75 Å². The minimum absolute atomic E-state index is 0.0681. The molecule has 2 aromatic rings. The maximum absolute atomic E-state index is 13.3. The van der Waals surface area contributed by atoms with E-state index in [0.717, 1.165) is 17.7 Å². The van der Waals surface area contributed by atoms with Gasteiger partial charge in [0.15, 0.2) is 0 Å². The van der Waals surface area contributed by atoms with Crippen LogP contribution in [-0.4, -0.2) is 49.8 Å². The van der Waals surface area contributed by atoms with Crippen molar-refractivity contribution in [1.29, 1.82) is 0 Å². The molecule has 1 amide bonds. The second-order valence-corrected chi connectivity index (χ2v) is 11.2. The second-order valence-electron chi connectivity index (χ2n) is 7.78. The van der Waals surface area contributed by atoms with E-state index in [-0.39, 0.29) is 34.3 Å². The zero-order chi connectivity index (χ0) is 21.3. The van der Waals surface area contributed by atoms with E-state index in [9.17, 15) is 13.2 Å². The van der Waals surface area contributed by atoms with Gasteiger partial charge < -0.3 is 9.64 Å². The highest BCUT2D eigenvalue weighted by Crippen LogP contribution is 2.34. The molecule has 1 saturated heterocycles. The van der Waals surface area contributed by atoms with Crippen molar-refractivity contribution in [3.05, 3.63) is 45.6 Å². The number of carbonyl (C=O) groups excluding carboxylic acids is 1. The van der Waals surface area contributed by atoms with Gasteiger partial charge in [-0.3, -0.25) is 4.79 Å². The number of hydrogen-bond donors (Lipinski definition) is 0. The van der Waals surface area contributed by atoms with Crippen LogP contribution in [0.25, 0.3) is 0 Å². The third-order valence-corrected chi connectivity index (χ3v) is 8.69. The average Bonchev–Trinajstić information content (AvgIpc) is 3.46. The van der Waals surface area contributed by atoms with Crippen molar-refractivity contribution >= 4 is 38.9 Å². The Hall–Kier alpha value is -1.61. The zero-order valence-corrected chi connectivity index (χ0v) is 19.2. The summed E-state index contributed by atoms with van der Waals surface area (Å²) in [6.45, 7) is 1.22. The monoisotopic (exact) mass is 468 g/mol. The van der Waals surface area contributed by atoms with Crippen molar-refractivity contribution in [2.24, 2.45) is 5.92 Å². The predicted octanol–water partition coefficient (Wildman–Crippen LogP) is 4.00. The molecule has 1 aromatic heterocycles. The number of piperidine rings is 1. The highest BCUT2D eigenvalue weighted by atomic mass is 35.5. The quantitative estimate of drug-likeness (QED) is 0.616. The summed E-state index contributed by atoms with van der Waals surface area (Å²) in [7, 11) is -2.25. The van der Waals surface area contributed by atoms with Crippen LogP contribution >= 0.6 is 22.9 Å². The lowest BCUT2D eigenvalue weighted by atomic mass is 9.98. The Morgan fingerprint density at radius 2 is 2.10 bits per heavy atom. The predicted molar refractivity (Wildman–Crippen MR) is 117 cm³/mol. The van der Waals surface area contributed by atoms with Gasteiger partial charge >= 0.3 is 0 Å². The number of benzene rings is 1. The van der Waals surface area contributed by atoms with Crippen molar-refractivity contribution in [2.45, 2.75) is 43.2 Å². The van der Waals surface area contributed by atoms with Crippen LogP contribution in [0.2, 0.25) is 5.02 Å². The Morgan fingerprint density at radius 3 is 2.73 bits per heavy atom. The molecule has 1 atom stereocenters. The number of sulfonamides is 1. The normalized spacial score (nSPS) is 20.1. The van der Waals surface area contributed by atoms with Gasteiger partial charge in [-0.1, -0.05) is 17.7 Å². The average molecular weight is 469 g/mol. The molecule has 1 aromatic carbocycles. The second kappa shape index (κ2) is 8.86. The fraction of sp³-hybridized carbons (Fsp3) is 0.476. The summed E-state index contributed by atoms with van der Waals surface area (Å²) >= 11 is 7.78. The summed E-state index contributed by atoms with van der Waals surface area (Å²) in [4.78, 5) is 16.6. The lowest BCUT2D eigenvalue weighted by molar-refractivity contribution is -0.137. The molecule has 1 aliphatic carbocycles. The zero-order valence-electron chi connectivity index (χ0n) is 16.8. The molecule has 2 aliphatic rings. The van der Waals surface area contributed by atoms with Crippen LogP contribution < -0.4 is 4.74 Å². The molecule has 0 spiro atoms. The summed E-state index contributed by atoms with van der Waals surface area (Å²) in [5.41, 5.74) is 0. The number of carbonyl (C=O) groups is 1. The standard InChI is InChI=1S/C21H25ClN2O4S2/c1-28-20-9-8-18(12-19(20)22)30(26,27)23-10-2-4-15(13-23)21(25)24(16-6-7-16)14-17-5-3-11-29-17/h3,5,8-9,11-12,15-16H,2,4,6-7,10,13-14H2,1H3/t15-/m1/s1. The largest absolute Gasteiger partial charge is 0.495 e. The molecule has 9 heteroatoms. The fourth-order valence-corrected chi connectivity index (χ4v) is 6.47. The number of nitrogens with zero attached hydrogens (tertiary/aromatic N) is 2. The Labute approximate surface area is 186 Å². The number of rotatable bonds is 7. The first-order valence-electron chi connectivity index (χ1n) is 10.1. The first kappa shape index (κ1) is 21.6. The summed E-state index contributed by atoms with van der Waals surface area (Å²) in [5, 5.41) is 2.26. The summed E-state index contributed by atoms with van der Waals surface area (Å²) in [6, 6.07) is 8.78. The third kappa shape index (κ3) is 4.51. The molecule has 0 radical (unpaired) electrons. The molecular formula is C21H25ClN2O4S2. The number of hydrogen-bond acceptors (Lipinski definition) is 5. The molecule has 30 heavy (non-hydrogen) atoms. The van der Waals surface area contributed by atoms with E-state index in [0.29, 0.717) is 31.7 Å². The molecule has 0 unspecified atom stereocenters. The molecule has 162 valence electrons. The van der Waals surface area contributed by atoms with E-state index in [1.807, 2.05) is 22.4 Å². The molecule has 4 rings (SSSR count). The van der Waals surface area contributed by atoms with Crippen LogP contribution in [0.5, 0.6) is 5.75 Å². The van der Waals surface area contributed by atoms with Crippen LogP contribution in [0, 0.1) is 5.92 Å². The lowest BCUT2D eigenvalue weighted by Gasteiger charge is -2.34.